The Morgan fingerprint density at radius 2 is 2.21 bits per heavy atom. The van der Waals surface area contributed by atoms with E-state index in [0.717, 1.165) is 30.8 Å². The molecule has 5 nitrogen and oxygen atoms in total. The maximum atomic E-state index is 12.2. The molecule has 0 saturated heterocycles. The van der Waals surface area contributed by atoms with E-state index >= 15 is 0 Å². The second kappa shape index (κ2) is 5.65. The van der Waals surface area contributed by atoms with Gasteiger partial charge in [-0.15, -0.1) is 0 Å². The van der Waals surface area contributed by atoms with Crippen molar-refractivity contribution in [1.29, 1.82) is 0 Å². The molecule has 1 fully saturated rings. The first-order valence-corrected chi connectivity index (χ1v) is 6.87. The molecular formula is C14H22N4O. The van der Waals surface area contributed by atoms with E-state index < -0.39 is 0 Å². The van der Waals surface area contributed by atoms with E-state index in [0.29, 0.717) is 5.56 Å². The number of nitrogens with two attached hydrogens (primary N) is 1. The van der Waals surface area contributed by atoms with E-state index in [9.17, 15) is 4.79 Å². The molecular weight excluding hydrogens is 240 g/mol. The summed E-state index contributed by atoms with van der Waals surface area (Å²) >= 11 is 0. The van der Waals surface area contributed by atoms with Crippen LogP contribution in [0.25, 0.3) is 0 Å². The smallest absolute Gasteiger partial charge is 0.254 e. The first-order valence-electron chi connectivity index (χ1n) is 6.87. The van der Waals surface area contributed by atoms with Gasteiger partial charge in [0.15, 0.2) is 0 Å². The van der Waals surface area contributed by atoms with Gasteiger partial charge in [-0.1, -0.05) is 13.8 Å². The van der Waals surface area contributed by atoms with Crippen LogP contribution < -0.4 is 11.1 Å². The number of carbonyl (C=O) groups excluding carboxylic acids is 1. The van der Waals surface area contributed by atoms with Crippen LogP contribution in [-0.4, -0.2) is 28.0 Å². The molecule has 0 aliphatic heterocycles. The molecule has 2 atom stereocenters. The lowest BCUT2D eigenvalue weighted by atomic mass is 10.1. The summed E-state index contributed by atoms with van der Waals surface area (Å²) in [6.45, 7) is 5.92. The summed E-state index contributed by atoms with van der Waals surface area (Å²) in [5.41, 5.74) is 7.14. The normalized spacial score (nSPS) is 22.8. The van der Waals surface area contributed by atoms with E-state index in [4.69, 9.17) is 5.73 Å². The number of hydrogen-bond donors (Lipinski definition) is 2. The molecule has 3 N–H and O–H groups in total. The predicted molar refractivity (Wildman–Crippen MR) is 73.9 cm³/mol. The Balaban J connectivity index is 2.07. The Hall–Kier alpha value is -1.49. The summed E-state index contributed by atoms with van der Waals surface area (Å²) in [5, 5.41) is 3.02. The van der Waals surface area contributed by atoms with Crippen molar-refractivity contribution in [3.8, 4) is 0 Å². The number of nitrogens with one attached hydrogen (secondary N) is 1. The summed E-state index contributed by atoms with van der Waals surface area (Å²) < 4.78 is 0. The van der Waals surface area contributed by atoms with Gasteiger partial charge in [-0.05, 0) is 26.2 Å². The molecule has 0 aromatic carbocycles. The van der Waals surface area contributed by atoms with Gasteiger partial charge in [-0.2, -0.15) is 0 Å². The molecule has 0 bridgehead atoms. The van der Waals surface area contributed by atoms with Crippen molar-refractivity contribution in [2.45, 2.75) is 58.0 Å². The number of rotatable bonds is 3. The van der Waals surface area contributed by atoms with Gasteiger partial charge in [0.25, 0.3) is 5.91 Å². The summed E-state index contributed by atoms with van der Waals surface area (Å²) in [7, 11) is 0. The molecule has 0 spiro atoms. The lowest BCUT2D eigenvalue weighted by Gasteiger charge is -2.14. The molecule has 5 heteroatoms. The zero-order valence-corrected chi connectivity index (χ0v) is 11.8. The van der Waals surface area contributed by atoms with Gasteiger partial charge >= 0.3 is 0 Å². The van der Waals surface area contributed by atoms with Gasteiger partial charge in [0.1, 0.15) is 5.82 Å². The maximum Gasteiger partial charge on any atom is 0.254 e. The van der Waals surface area contributed by atoms with Gasteiger partial charge in [0.2, 0.25) is 0 Å². The topological polar surface area (TPSA) is 80.9 Å². The minimum Gasteiger partial charge on any atom is -0.349 e. The third-order valence-electron chi connectivity index (χ3n) is 3.57. The number of carbonyl (C=O) groups is 1. The van der Waals surface area contributed by atoms with Crippen LogP contribution in [0.15, 0.2) is 6.20 Å². The van der Waals surface area contributed by atoms with E-state index in [2.05, 4.69) is 15.3 Å². The highest BCUT2D eigenvalue weighted by atomic mass is 16.1. The first kappa shape index (κ1) is 13.9. The van der Waals surface area contributed by atoms with E-state index in [1.807, 2.05) is 20.8 Å². The standard InChI is InChI=1S/C14H22N4O/c1-8(2)13-16-7-12(9(3)17-13)14(19)18-11-5-4-10(15)6-11/h7-8,10-11H,4-6,15H2,1-3H3,(H,18,19)/t10-,11-/m1/s1. The Bertz CT molecular complexity index is 473. The predicted octanol–water partition coefficient (Wildman–Crippen LogP) is 1.52. The SMILES string of the molecule is Cc1nc(C(C)C)ncc1C(=O)N[C@@H]1CC[C@@H](N)C1. The van der Waals surface area contributed by atoms with Crippen LogP contribution >= 0.6 is 0 Å². The highest BCUT2D eigenvalue weighted by Crippen LogP contribution is 2.18. The fourth-order valence-electron chi connectivity index (χ4n) is 2.40. The lowest BCUT2D eigenvalue weighted by Crippen LogP contribution is -2.34. The molecule has 0 unspecified atom stereocenters. The number of aromatic nitrogens is 2. The quantitative estimate of drug-likeness (QED) is 0.865. The second-order valence-corrected chi connectivity index (χ2v) is 5.63. The number of amides is 1. The molecule has 19 heavy (non-hydrogen) atoms. The minimum atomic E-state index is -0.0908. The number of aryl methyl sites for hydroxylation is 1. The minimum absolute atomic E-state index is 0.0908. The Kier molecular flexibility index (Phi) is 4.14. The molecule has 1 aliphatic carbocycles. The van der Waals surface area contributed by atoms with Crippen molar-refractivity contribution in [3.05, 3.63) is 23.3 Å². The van der Waals surface area contributed by atoms with Crippen molar-refractivity contribution in [2.24, 2.45) is 5.73 Å². The van der Waals surface area contributed by atoms with Crippen LogP contribution in [-0.2, 0) is 0 Å². The molecule has 1 amide bonds. The van der Waals surface area contributed by atoms with Crippen LogP contribution in [0.4, 0.5) is 0 Å². The molecule has 1 aliphatic rings. The van der Waals surface area contributed by atoms with Crippen molar-refractivity contribution < 1.29 is 4.79 Å². The van der Waals surface area contributed by atoms with E-state index in [-0.39, 0.29) is 23.9 Å². The van der Waals surface area contributed by atoms with E-state index in [1.165, 1.54) is 0 Å². The molecule has 2 rings (SSSR count). The zero-order chi connectivity index (χ0) is 14.0. The van der Waals surface area contributed by atoms with Gasteiger partial charge in [-0.3, -0.25) is 4.79 Å². The Morgan fingerprint density at radius 3 is 2.74 bits per heavy atom. The molecule has 1 saturated carbocycles. The highest BCUT2D eigenvalue weighted by Gasteiger charge is 2.24. The van der Waals surface area contributed by atoms with Crippen LogP contribution in [0.3, 0.4) is 0 Å². The van der Waals surface area contributed by atoms with Crippen LogP contribution in [0.2, 0.25) is 0 Å². The molecule has 0 radical (unpaired) electrons. The van der Waals surface area contributed by atoms with Crippen molar-refractivity contribution >= 4 is 5.91 Å². The number of hydrogen-bond acceptors (Lipinski definition) is 4. The largest absolute Gasteiger partial charge is 0.349 e. The van der Waals surface area contributed by atoms with Gasteiger partial charge in [-0.25, -0.2) is 9.97 Å². The van der Waals surface area contributed by atoms with E-state index in [1.54, 1.807) is 6.20 Å². The average Bonchev–Trinajstić information content (AvgIpc) is 2.74. The lowest BCUT2D eigenvalue weighted by molar-refractivity contribution is 0.0936. The highest BCUT2D eigenvalue weighted by molar-refractivity contribution is 5.95. The summed E-state index contributed by atoms with van der Waals surface area (Å²) in [6, 6.07) is 0.401. The first-order chi connectivity index (χ1) is 8.97. The summed E-state index contributed by atoms with van der Waals surface area (Å²) in [4.78, 5) is 20.8. The monoisotopic (exact) mass is 262 g/mol. The Labute approximate surface area is 114 Å². The van der Waals surface area contributed by atoms with Crippen LogP contribution in [0, 0.1) is 6.92 Å². The maximum absolute atomic E-state index is 12.2. The van der Waals surface area contributed by atoms with Gasteiger partial charge in [0, 0.05) is 24.2 Å². The summed E-state index contributed by atoms with van der Waals surface area (Å²) in [6.07, 6.45) is 4.42. The van der Waals surface area contributed by atoms with Crippen LogP contribution in [0.5, 0.6) is 0 Å². The molecule has 104 valence electrons. The van der Waals surface area contributed by atoms with Crippen molar-refractivity contribution in [1.82, 2.24) is 15.3 Å². The van der Waals surface area contributed by atoms with Crippen molar-refractivity contribution in [2.75, 3.05) is 0 Å². The van der Waals surface area contributed by atoms with Crippen LogP contribution in [0.1, 0.15) is 60.9 Å². The fourth-order valence-corrected chi connectivity index (χ4v) is 2.40. The molecule has 1 aromatic rings. The zero-order valence-electron chi connectivity index (χ0n) is 11.8. The third-order valence-corrected chi connectivity index (χ3v) is 3.57. The summed E-state index contributed by atoms with van der Waals surface area (Å²) in [5.74, 6) is 0.951. The Morgan fingerprint density at radius 1 is 1.47 bits per heavy atom. The molecule has 1 aromatic heterocycles. The third kappa shape index (κ3) is 3.29. The van der Waals surface area contributed by atoms with Crippen molar-refractivity contribution in [3.63, 3.8) is 0 Å². The second-order valence-electron chi connectivity index (χ2n) is 5.63. The number of nitrogens with zero attached hydrogens (tertiary/aromatic N) is 2. The molecule has 1 heterocycles. The average molecular weight is 262 g/mol. The van der Waals surface area contributed by atoms with Gasteiger partial charge < -0.3 is 11.1 Å². The van der Waals surface area contributed by atoms with Gasteiger partial charge in [0.05, 0.1) is 11.3 Å². The fraction of sp³-hybridized carbons (Fsp3) is 0.643.